The van der Waals surface area contributed by atoms with Crippen LogP contribution in [-0.2, 0) is 4.79 Å². The third-order valence-electron chi connectivity index (χ3n) is 1.71. The maximum Gasteiger partial charge on any atom is 0.323 e. The maximum atomic E-state index is 11.2. The summed E-state index contributed by atoms with van der Waals surface area (Å²) in [5.41, 5.74) is 0. The van der Waals surface area contributed by atoms with Crippen LogP contribution in [0.2, 0.25) is 0 Å². The van der Waals surface area contributed by atoms with Crippen molar-refractivity contribution < 1.29 is 24.6 Å². The van der Waals surface area contributed by atoms with Gasteiger partial charge in [-0.3, -0.25) is 15.0 Å². The molecule has 1 fully saturated rings. The Morgan fingerprint density at radius 3 is 2.53 bits per heavy atom. The van der Waals surface area contributed by atoms with E-state index in [0.717, 1.165) is 0 Å². The second kappa shape index (κ2) is 4.57. The van der Waals surface area contributed by atoms with Crippen LogP contribution in [0.25, 0.3) is 0 Å². The molecule has 1 aliphatic heterocycles. The van der Waals surface area contributed by atoms with E-state index in [1.54, 1.807) is 0 Å². The van der Waals surface area contributed by atoms with Crippen molar-refractivity contribution in [1.82, 2.24) is 20.9 Å². The second-order valence-corrected chi connectivity index (χ2v) is 2.62. The summed E-state index contributed by atoms with van der Waals surface area (Å²) >= 11 is 0. The highest BCUT2D eigenvalue weighted by Gasteiger charge is 2.36. The fourth-order valence-corrected chi connectivity index (χ4v) is 1.06. The number of nitrogens with zero attached hydrogens (tertiary/aromatic N) is 1. The predicted octanol–water partition coefficient (Wildman–Crippen LogP) is -2.94. The smallest absolute Gasteiger partial charge is 0.323 e. The summed E-state index contributed by atoms with van der Waals surface area (Å²) in [4.78, 5) is 33.7. The lowest BCUT2D eigenvalue weighted by atomic mass is 10.4. The summed E-state index contributed by atoms with van der Waals surface area (Å²) in [6.07, 6.45) is -1.27. The van der Waals surface area contributed by atoms with Crippen molar-refractivity contribution in [2.24, 2.45) is 0 Å². The molecule has 9 heteroatoms. The summed E-state index contributed by atoms with van der Waals surface area (Å²) in [5, 5.41) is 23.2. The van der Waals surface area contributed by atoms with Crippen LogP contribution in [-0.4, -0.2) is 52.7 Å². The SMILES string of the molecule is O=C1NC(=O)C(N(CO)C(=O)NCO)N1. The normalized spacial score (nSPS) is 19.5. The minimum atomic E-state index is -1.27. The average Bonchev–Trinajstić information content (AvgIpc) is 2.47. The van der Waals surface area contributed by atoms with Gasteiger partial charge in [0.05, 0.1) is 0 Å². The first-order chi connectivity index (χ1) is 7.10. The number of carbonyl (C=O) groups excluding carboxylic acids is 3. The Kier molecular flexibility index (Phi) is 3.42. The van der Waals surface area contributed by atoms with Crippen molar-refractivity contribution >= 4 is 18.0 Å². The van der Waals surface area contributed by atoms with Gasteiger partial charge in [-0.05, 0) is 0 Å². The minimum Gasteiger partial charge on any atom is -0.376 e. The van der Waals surface area contributed by atoms with E-state index in [0.29, 0.717) is 4.90 Å². The van der Waals surface area contributed by atoms with E-state index in [1.165, 1.54) is 0 Å². The number of hydrogen-bond acceptors (Lipinski definition) is 5. The van der Waals surface area contributed by atoms with Crippen LogP contribution in [0, 0.1) is 0 Å². The van der Waals surface area contributed by atoms with E-state index < -0.39 is 37.6 Å². The third-order valence-corrected chi connectivity index (χ3v) is 1.71. The number of urea groups is 2. The fourth-order valence-electron chi connectivity index (χ4n) is 1.06. The van der Waals surface area contributed by atoms with Crippen LogP contribution in [0.3, 0.4) is 0 Å². The Morgan fingerprint density at radius 2 is 2.13 bits per heavy atom. The van der Waals surface area contributed by atoms with Crippen LogP contribution >= 0.6 is 0 Å². The maximum absolute atomic E-state index is 11.2. The number of amides is 5. The van der Waals surface area contributed by atoms with Gasteiger partial charge < -0.3 is 20.8 Å². The number of nitrogens with one attached hydrogen (secondary N) is 3. The second-order valence-electron chi connectivity index (χ2n) is 2.62. The lowest BCUT2D eigenvalue weighted by Crippen LogP contribution is -2.53. The fraction of sp³-hybridized carbons (Fsp3) is 0.500. The molecule has 1 aliphatic rings. The monoisotopic (exact) mass is 218 g/mol. The van der Waals surface area contributed by atoms with E-state index >= 15 is 0 Å². The molecule has 0 aliphatic carbocycles. The van der Waals surface area contributed by atoms with Gasteiger partial charge in [-0.15, -0.1) is 0 Å². The van der Waals surface area contributed by atoms with Gasteiger partial charge >= 0.3 is 12.1 Å². The van der Waals surface area contributed by atoms with Gasteiger partial charge in [0, 0.05) is 0 Å². The molecule has 5 N–H and O–H groups in total. The topological polar surface area (TPSA) is 131 Å². The van der Waals surface area contributed by atoms with Crippen molar-refractivity contribution in [3.05, 3.63) is 0 Å². The Morgan fingerprint density at radius 1 is 1.47 bits per heavy atom. The zero-order chi connectivity index (χ0) is 11.4. The Hall–Kier alpha value is -1.87. The van der Waals surface area contributed by atoms with Crippen molar-refractivity contribution in [3.63, 3.8) is 0 Å². The van der Waals surface area contributed by atoms with E-state index in [2.05, 4.69) is 5.32 Å². The Bertz CT molecular complexity index is 293. The van der Waals surface area contributed by atoms with E-state index in [9.17, 15) is 14.4 Å². The van der Waals surface area contributed by atoms with Gasteiger partial charge in [-0.2, -0.15) is 0 Å². The molecule has 1 rings (SSSR count). The Labute approximate surface area is 84.0 Å². The van der Waals surface area contributed by atoms with Gasteiger partial charge in [0.1, 0.15) is 13.5 Å². The lowest BCUT2D eigenvalue weighted by molar-refractivity contribution is -0.124. The quantitative estimate of drug-likeness (QED) is 0.255. The number of imide groups is 1. The molecule has 15 heavy (non-hydrogen) atoms. The van der Waals surface area contributed by atoms with Crippen molar-refractivity contribution in [2.75, 3.05) is 13.5 Å². The zero-order valence-corrected chi connectivity index (χ0v) is 7.56. The van der Waals surface area contributed by atoms with Gasteiger partial charge in [0.15, 0.2) is 6.17 Å². The average molecular weight is 218 g/mol. The number of aliphatic hydroxyl groups is 2. The molecule has 5 amide bonds. The highest BCUT2D eigenvalue weighted by atomic mass is 16.3. The first-order valence-corrected chi connectivity index (χ1v) is 3.97. The Balaban J connectivity index is 2.70. The minimum absolute atomic E-state index is 0.641. The molecule has 0 spiro atoms. The molecule has 0 saturated carbocycles. The molecule has 0 radical (unpaired) electrons. The molecular formula is C6H10N4O5. The molecule has 1 unspecified atom stereocenters. The largest absolute Gasteiger partial charge is 0.376 e. The summed E-state index contributed by atoms with van der Waals surface area (Å²) in [5.74, 6) is -0.748. The zero-order valence-electron chi connectivity index (χ0n) is 7.56. The molecule has 1 saturated heterocycles. The lowest BCUT2D eigenvalue weighted by Gasteiger charge is -2.23. The molecular weight excluding hydrogens is 208 g/mol. The standard InChI is InChI=1S/C6H10N4O5/c11-1-7-6(15)10(2-12)3-4(13)9-5(14)8-3/h3,11-12H,1-2H2,(H,7,15)(H2,8,9,13,14). The van der Waals surface area contributed by atoms with E-state index in [-0.39, 0.29) is 0 Å². The van der Waals surface area contributed by atoms with E-state index in [1.807, 2.05) is 10.6 Å². The first-order valence-electron chi connectivity index (χ1n) is 3.97. The van der Waals surface area contributed by atoms with Gasteiger partial charge in [-0.1, -0.05) is 0 Å². The summed E-state index contributed by atoms with van der Waals surface area (Å²) in [6.45, 7) is -1.41. The molecule has 84 valence electrons. The van der Waals surface area contributed by atoms with Crippen LogP contribution in [0.4, 0.5) is 9.59 Å². The number of carbonyl (C=O) groups is 3. The van der Waals surface area contributed by atoms with Gasteiger partial charge in [0.2, 0.25) is 0 Å². The van der Waals surface area contributed by atoms with Gasteiger partial charge in [0.25, 0.3) is 5.91 Å². The van der Waals surface area contributed by atoms with Crippen molar-refractivity contribution in [3.8, 4) is 0 Å². The molecule has 1 atom stereocenters. The van der Waals surface area contributed by atoms with Crippen LogP contribution in [0.5, 0.6) is 0 Å². The molecule has 0 aromatic carbocycles. The van der Waals surface area contributed by atoms with Crippen LogP contribution < -0.4 is 16.0 Å². The van der Waals surface area contributed by atoms with Crippen LogP contribution in [0.15, 0.2) is 0 Å². The third kappa shape index (κ3) is 2.33. The molecule has 0 bridgehead atoms. The summed E-state index contributed by atoms with van der Waals surface area (Å²) in [6, 6.07) is -1.62. The van der Waals surface area contributed by atoms with Crippen molar-refractivity contribution in [1.29, 1.82) is 0 Å². The predicted molar refractivity (Wildman–Crippen MR) is 45.0 cm³/mol. The van der Waals surface area contributed by atoms with Gasteiger partial charge in [-0.25, -0.2) is 9.59 Å². The molecule has 0 aromatic heterocycles. The summed E-state index contributed by atoms with van der Waals surface area (Å²) in [7, 11) is 0. The first kappa shape index (κ1) is 11.2. The number of aliphatic hydroxyl groups excluding tert-OH is 2. The highest BCUT2D eigenvalue weighted by molar-refractivity contribution is 6.05. The molecule has 1 heterocycles. The summed E-state index contributed by atoms with van der Waals surface area (Å²) < 4.78 is 0. The van der Waals surface area contributed by atoms with E-state index in [4.69, 9.17) is 10.2 Å². The number of rotatable bonds is 3. The van der Waals surface area contributed by atoms with Crippen LogP contribution in [0.1, 0.15) is 0 Å². The molecule has 9 nitrogen and oxygen atoms in total. The number of hydrogen-bond donors (Lipinski definition) is 5. The van der Waals surface area contributed by atoms with Crippen molar-refractivity contribution in [2.45, 2.75) is 6.17 Å². The highest BCUT2D eigenvalue weighted by Crippen LogP contribution is 2.01. The molecule has 0 aromatic rings.